The van der Waals surface area contributed by atoms with Crippen LogP contribution < -0.4 is 5.32 Å². The number of benzene rings is 1. The van der Waals surface area contributed by atoms with Gasteiger partial charge in [0.1, 0.15) is 6.04 Å². The summed E-state index contributed by atoms with van der Waals surface area (Å²) in [4.78, 5) is 34.1. The SMILES string of the molecule is COC(=O)CC[C@@H](NC(=O)c1ccc(Cl)cc1Cl)C(=O)O. The second-order valence-electron chi connectivity index (χ2n) is 4.10. The van der Waals surface area contributed by atoms with E-state index in [0.717, 1.165) is 0 Å². The monoisotopic (exact) mass is 333 g/mol. The van der Waals surface area contributed by atoms with E-state index in [4.69, 9.17) is 28.3 Å². The van der Waals surface area contributed by atoms with Crippen molar-refractivity contribution in [3.05, 3.63) is 33.8 Å². The van der Waals surface area contributed by atoms with Crippen molar-refractivity contribution in [2.75, 3.05) is 7.11 Å². The largest absolute Gasteiger partial charge is 0.480 e. The lowest BCUT2D eigenvalue weighted by atomic mass is 10.1. The highest BCUT2D eigenvalue weighted by atomic mass is 35.5. The second-order valence-corrected chi connectivity index (χ2v) is 4.95. The smallest absolute Gasteiger partial charge is 0.326 e. The molecule has 0 bridgehead atoms. The third-order valence-electron chi connectivity index (χ3n) is 2.64. The molecule has 0 aliphatic carbocycles. The van der Waals surface area contributed by atoms with Gasteiger partial charge in [0.2, 0.25) is 0 Å². The van der Waals surface area contributed by atoms with Crippen molar-refractivity contribution in [2.24, 2.45) is 0 Å². The highest BCUT2D eigenvalue weighted by Gasteiger charge is 2.22. The fourth-order valence-electron chi connectivity index (χ4n) is 1.53. The molecular weight excluding hydrogens is 321 g/mol. The first-order chi connectivity index (χ1) is 9.85. The van der Waals surface area contributed by atoms with Gasteiger partial charge in [-0.3, -0.25) is 9.59 Å². The summed E-state index contributed by atoms with van der Waals surface area (Å²) >= 11 is 11.6. The molecule has 21 heavy (non-hydrogen) atoms. The zero-order chi connectivity index (χ0) is 16.0. The second kappa shape index (κ2) is 7.85. The summed E-state index contributed by atoms with van der Waals surface area (Å²) in [5.74, 6) is -2.47. The molecule has 0 aliphatic heterocycles. The van der Waals surface area contributed by atoms with Crippen molar-refractivity contribution in [2.45, 2.75) is 18.9 Å². The van der Waals surface area contributed by atoms with Crippen molar-refractivity contribution in [1.82, 2.24) is 5.32 Å². The molecule has 1 rings (SSSR count). The number of carbonyl (C=O) groups excluding carboxylic acids is 2. The summed E-state index contributed by atoms with van der Waals surface area (Å²) in [6.07, 6.45) is -0.207. The number of rotatable bonds is 6. The van der Waals surface area contributed by atoms with Gasteiger partial charge in [-0.05, 0) is 24.6 Å². The minimum Gasteiger partial charge on any atom is -0.480 e. The summed E-state index contributed by atoms with van der Waals surface area (Å²) in [5.41, 5.74) is 0.102. The number of carboxylic acid groups (broad SMARTS) is 1. The van der Waals surface area contributed by atoms with E-state index < -0.39 is 23.9 Å². The standard InChI is InChI=1S/C13H13Cl2NO5/c1-21-11(17)5-4-10(13(19)20)16-12(18)8-3-2-7(14)6-9(8)15/h2-3,6,10H,4-5H2,1H3,(H,16,18)(H,19,20)/t10-/m1/s1. The summed E-state index contributed by atoms with van der Waals surface area (Å²) < 4.78 is 4.42. The molecule has 2 N–H and O–H groups in total. The Morgan fingerprint density at radius 1 is 1.33 bits per heavy atom. The molecule has 0 heterocycles. The number of esters is 1. The topological polar surface area (TPSA) is 92.7 Å². The van der Waals surface area contributed by atoms with Crippen LogP contribution >= 0.6 is 23.2 Å². The number of aliphatic carboxylic acids is 1. The highest BCUT2D eigenvalue weighted by Crippen LogP contribution is 2.21. The van der Waals surface area contributed by atoms with Gasteiger partial charge in [0, 0.05) is 11.4 Å². The predicted molar refractivity (Wildman–Crippen MR) is 76.6 cm³/mol. The van der Waals surface area contributed by atoms with Crippen molar-refractivity contribution < 1.29 is 24.2 Å². The molecule has 0 saturated carbocycles. The molecule has 0 fully saturated rings. The molecule has 1 amide bonds. The Kier molecular flexibility index (Phi) is 6.45. The molecule has 1 atom stereocenters. The molecule has 1 aromatic carbocycles. The zero-order valence-electron chi connectivity index (χ0n) is 11.1. The number of amides is 1. The predicted octanol–water partition coefficient (Wildman–Crippen LogP) is 2.13. The Morgan fingerprint density at radius 2 is 2.00 bits per heavy atom. The normalized spacial score (nSPS) is 11.6. The maximum atomic E-state index is 12.0. The number of halogens is 2. The first-order valence-corrected chi connectivity index (χ1v) is 6.66. The molecule has 0 aromatic heterocycles. The Labute approximate surface area is 131 Å². The van der Waals surface area contributed by atoms with Crippen LogP contribution in [0.5, 0.6) is 0 Å². The quantitative estimate of drug-likeness (QED) is 0.778. The van der Waals surface area contributed by atoms with Gasteiger partial charge >= 0.3 is 11.9 Å². The van der Waals surface area contributed by atoms with Crippen molar-refractivity contribution in [3.63, 3.8) is 0 Å². The van der Waals surface area contributed by atoms with E-state index in [1.54, 1.807) is 0 Å². The average Bonchev–Trinajstić information content (AvgIpc) is 2.42. The van der Waals surface area contributed by atoms with Crippen LogP contribution in [0.1, 0.15) is 23.2 Å². The number of hydrogen-bond acceptors (Lipinski definition) is 4. The van der Waals surface area contributed by atoms with E-state index in [1.807, 2.05) is 0 Å². The molecule has 1 aromatic rings. The van der Waals surface area contributed by atoms with E-state index in [0.29, 0.717) is 5.02 Å². The fourth-order valence-corrected chi connectivity index (χ4v) is 2.03. The van der Waals surface area contributed by atoms with Crippen LogP contribution in [0.3, 0.4) is 0 Å². The van der Waals surface area contributed by atoms with Gasteiger partial charge in [0.05, 0.1) is 17.7 Å². The Balaban J connectivity index is 2.76. The summed E-state index contributed by atoms with van der Waals surface area (Å²) in [6.45, 7) is 0. The van der Waals surface area contributed by atoms with Crippen LogP contribution in [-0.2, 0) is 14.3 Å². The molecule has 6 nitrogen and oxygen atoms in total. The van der Waals surface area contributed by atoms with Gasteiger partial charge in [-0.1, -0.05) is 23.2 Å². The van der Waals surface area contributed by atoms with E-state index in [9.17, 15) is 14.4 Å². The highest BCUT2D eigenvalue weighted by molar-refractivity contribution is 6.36. The van der Waals surface area contributed by atoms with E-state index in [1.165, 1.54) is 25.3 Å². The van der Waals surface area contributed by atoms with Crippen LogP contribution in [0.25, 0.3) is 0 Å². The summed E-state index contributed by atoms with van der Waals surface area (Å²) in [6, 6.07) is 3.01. The van der Waals surface area contributed by atoms with Crippen LogP contribution in [0.4, 0.5) is 0 Å². The van der Waals surface area contributed by atoms with Gasteiger partial charge in [0.25, 0.3) is 5.91 Å². The maximum Gasteiger partial charge on any atom is 0.326 e. The Hall–Kier alpha value is -1.79. The molecule has 0 spiro atoms. The first-order valence-electron chi connectivity index (χ1n) is 5.90. The molecule has 0 aliphatic rings. The molecule has 8 heteroatoms. The van der Waals surface area contributed by atoms with Crippen LogP contribution in [-0.4, -0.2) is 36.1 Å². The Morgan fingerprint density at radius 3 is 2.52 bits per heavy atom. The number of ether oxygens (including phenoxy) is 1. The number of methoxy groups -OCH3 is 1. The first kappa shape index (κ1) is 17.3. The Bertz CT molecular complexity index is 561. The molecular formula is C13H13Cl2NO5. The van der Waals surface area contributed by atoms with Gasteiger partial charge in [-0.2, -0.15) is 0 Å². The van der Waals surface area contributed by atoms with Gasteiger partial charge in [-0.25, -0.2) is 4.79 Å². The third-order valence-corrected chi connectivity index (χ3v) is 3.19. The van der Waals surface area contributed by atoms with E-state index >= 15 is 0 Å². The molecule has 0 saturated heterocycles. The lowest BCUT2D eigenvalue weighted by Gasteiger charge is -2.14. The molecule has 114 valence electrons. The number of carboxylic acids is 1. The van der Waals surface area contributed by atoms with E-state index in [2.05, 4.69) is 10.1 Å². The van der Waals surface area contributed by atoms with Crippen LogP contribution in [0, 0.1) is 0 Å². The fraction of sp³-hybridized carbons (Fsp3) is 0.308. The number of carbonyl (C=O) groups is 3. The van der Waals surface area contributed by atoms with Crippen LogP contribution in [0.15, 0.2) is 18.2 Å². The number of nitrogens with one attached hydrogen (secondary N) is 1. The molecule has 0 radical (unpaired) electrons. The maximum absolute atomic E-state index is 12.0. The average molecular weight is 334 g/mol. The van der Waals surface area contributed by atoms with E-state index in [-0.39, 0.29) is 23.4 Å². The van der Waals surface area contributed by atoms with Crippen molar-refractivity contribution in [1.29, 1.82) is 0 Å². The van der Waals surface area contributed by atoms with Gasteiger partial charge in [-0.15, -0.1) is 0 Å². The third kappa shape index (κ3) is 5.24. The lowest BCUT2D eigenvalue weighted by Crippen LogP contribution is -2.41. The zero-order valence-corrected chi connectivity index (χ0v) is 12.6. The van der Waals surface area contributed by atoms with Gasteiger partial charge in [0.15, 0.2) is 0 Å². The van der Waals surface area contributed by atoms with Gasteiger partial charge < -0.3 is 15.2 Å². The van der Waals surface area contributed by atoms with Crippen molar-refractivity contribution in [3.8, 4) is 0 Å². The minimum absolute atomic E-state index is 0.0844. The molecule has 0 unspecified atom stereocenters. The summed E-state index contributed by atoms with van der Waals surface area (Å²) in [7, 11) is 1.20. The lowest BCUT2D eigenvalue weighted by molar-refractivity contribution is -0.142. The summed E-state index contributed by atoms with van der Waals surface area (Å²) in [5, 5.41) is 11.8. The number of hydrogen-bond donors (Lipinski definition) is 2. The van der Waals surface area contributed by atoms with Crippen LogP contribution in [0.2, 0.25) is 10.0 Å². The minimum atomic E-state index is -1.25. The van der Waals surface area contributed by atoms with Crippen molar-refractivity contribution >= 4 is 41.0 Å².